The number of nitrogens with one attached hydrogen (secondary N) is 2. The van der Waals surface area contributed by atoms with Crippen LogP contribution in [-0.4, -0.2) is 17.5 Å². The number of rotatable bonds is 4. The smallest absolute Gasteiger partial charge is 0.280 e. The Kier molecular flexibility index (Phi) is 4.28. The number of amides is 1. The van der Waals surface area contributed by atoms with Gasteiger partial charge in [0, 0.05) is 5.69 Å². The van der Waals surface area contributed by atoms with Crippen LogP contribution in [0, 0.1) is 6.92 Å². The zero-order chi connectivity index (χ0) is 12.1. The third kappa shape index (κ3) is 2.95. The largest absolute Gasteiger partial charge is 0.324 e. The maximum absolute atomic E-state index is 11.5. The number of carbonyl (C=O) groups excluding carboxylic acids is 1. The zero-order valence-electron chi connectivity index (χ0n) is 8.67. The molecule has 0 saturated carbocycles. The van der Waals surface area contributed by atoms with E-state index in [1.165, 1.54) is 12.1 Å². The van der Waals surface area contributed by atoms with Crippen molar-refractivity contribution in [2.45, 2.75) is 6.92 Å². The Morgan fingerprint density at radius 1 is 1.75 bits per heavy atom. The number of hydroxylamine groups is 1. The molecule has 1 amide bonds. The highest BCUT2D eigenvalue weighted by molar-refractivity contribution is 6.31. The third-order valence-electron chi connectivity index (χ3n) is 1.79. The Bertz CT molecular complexity index is 468. The van der Waals surface area contributed by atoms with Crippen molar-refractivity contribution in [2.24, 2.45) is 0 Å². The fourth-order valence-electron chi connectivity index (χ4n) is 0.988. The molecule has 2 N–H and O–H groups in total. The van der Waals surface area contributed by atoms with E-state index in [2.05, 4.69) is 17.0 Å². The Hall–Kier alpha value is -1.59. The first-order chi connectivity index (χ1) is 7.56. The van der Waals surface area contributed by atoms with Crippen LogP contribution in [0.4, 0.5) is 0 Å². The number of aromatic nitrogens is 1. The molecule has 0 aliphatic rings. The van der Waals surface area contributed by atoms with Gasteiger partial charge in [0.1, 0.15) is 5.56 Å². The fraction of sp³-hybridized carbons (Fsp3) is 0.200. The van der Waals surface area contributed by atoms with Crippen LogP contribution in [0.15, 0.2) is 23.5 Å². The van der Waals surface area contributed by atoms with E-state index in [1.54, 1.807) is 6.92 Å². The van der Waals surface area contributed by atoms with E-state index < -0.39 is 11.5 Å². The fourth-order valence-corrected chi connectivity index (χ4v) is 1.14. The van der Waals surface area contributed by atoms with Crippen molar-refractivity contribution in [1.29, 1.82) is 0 Å². The standard InChI is InChI=1S/C10H11ClN2O3/c1-3-4-16-13-10(15)7-5-8(11)6(2)12-9(7)14/h3,5H,1,4H2,2H3,(H,12,14)(H,13,15). The Morgan fingerprint density at radius 2 is 2.44 bits per heavy atom. The van der Waals surface area contributed by atoms with Gasteiger partial charge < -0.3 is 4.98 Å². The van der Waals surface area contributed by atoms with Crippen LogP contribution in [-0.2, 0) is 4.84 Å². The molecule has 0 spiro atoms. The van der Waals surface area contributed by atoms with Crippen LogP contribution < -0.4 is 11.0 Å². The summed E-state index contributed by atoms with van der Waals surface area (Å²) in [5, 5.41) is 0.313. The minimum absolute atomic E-state index is 0.0975. The van der Waals surface area contributed by atoms with Gasteiger partial charge in [-0.3, -0.25) is 14.4 Å². The van der Waals surface area contributed by atoms with E-state index in [9.17, 15) is 9.59 Å². The normalized spacial score (nSPS) is 9.88. The molecule has 1 aromatic rings. The number of aromatic amines is 1. The van der Waals surface area contributed by atoms with E-state index in [1.807, 2.05) is 0 Å². The second-order valence-corrected chi connectivity index (χ2v) is 3.42. The maximum Gasteiger partial charge on any atom is 0.280 e. The molecule has 16 heavy (non-hydrogen) atoms. The van der Waals surface area contributed by atoms with Crippen LogP contribution in [0.2, 0.25) is 5.02 Å². The van der Waals surface area contributed by atoms with Gasteiger partial charge in [0.2, 0.25) is 0 Å². The number of H-pyrrole nitrogens is 1. The predicted octanol–water partition coefficient (Wildman–Crippen LogP) is 1.18. The van der Waals surface area contributed by atoms with Crippen LogP contribution in [0.3, 0.4) is 0 Å². The summed E-state index contributed by atoms with van der Waals surface area (Å²) in [5.41, 5.74) is 2.00. The van der Waals surface area contributed by atoms with Crippen LogP contribution in [0.25, 0.3) is 0 Å². The molecular formula is C10H11ClN2O3. The Morgan fingerprint density at radius 3 is 3.06 bits per heavy atom. The number of hydrogen-bond acceptors (Lipinski definition) is 3. The molecule has 5 nitrogen and oxygen atoms in total. The maximum atomic E-state index is 11.5. The van der Waals surface area contributed by atoms with E-state index in [4.69, 9.17) is 16.4 Å². The highest BCUT2D eigenvalue weighted by atomic mass is 35.5. The van der Waals surface area contributed by atoms with E-state index in [0.29, 0.717) is 10.7 Å². The lowest BCUT2D eigenvalue weighted by molar-refractivity contribution is 0.0420. The summed E-state index contributed by atoms with van der Waals surface area (Å²) in [7, 11) is 0. The summed E-state index contributed by atoms with van der Waals surface area (Å²) in [6.45, 7) is 5.20. The molecule has 1 heterocycles. The summed E-state index contributed by atoms with van der Waals surface area (Å²) in [4.78, 5) is 30.0. The van der Waals surface area contributed by atoms with Gasteiger partial charge in [-0.25, -0.2) is 5.48 Å². The monoisotopic (exact) mass is 242 g/mol. The van der Waals surface area contributed by atoms with Gasteiger partial charge >= 0.3 is 0 Å². The van der Waals surface area contributed by atoms with Gasteiger partial charge in [-0.15, -0.1) is 6.58 Å². The van der Waals surface area contributed by atoms with Gasteiger partial charge in [-0.05, 0) is 13.0 Å². The summed E-state index contributed by atoms with van der Waals surface area (Å²) in [6, 6.07) is 1.29. The van der Waals surface area contributed by atoms with E-state index in [0.717, 1.165) is 0 Å². The molecule has 0 saturated heterocycles. The van der Waals surface area contributed by atoms with Gasteiger partial charge in [0.15, 0.2) is 0 Å². The molecule has 6 heteroatoms. The summed E-state index contributed by atoms with van der Waals surface area (Å²) in [6.07, 6.45) is 1.46. The second-order valence-electron chi connectivity index (χ2n) is 3.02. The highest BCUT2D eigenvalue weighted by Crippen LogP contribution is 2.11. The lowest BCUT2D eigenvalue weighted by Gasteiger charge is -2.04. The molecule has 0 bridgehead atoms. The number of hydrogen-bond donors (Lipinski definition) is 2. The summed E-state index contributed by atoms with van der Waals surface area (Å²) in [5.74, 6) is -0.648. The van der Waals surface area contributed by atoms with Gasteiger partial charge in [0.25, 0.3) is 11.5 Å². The molecular weight excluding hydrogens is 232 g/mol. The van der Waals surface area contributed by atoms with Crippen molar-refractivity contribution in [2.75, 3.05) is 6.61 Å². The van der Waals surface area contributed by atoms with Crippen molar-refractivity contribution in [3.8, 4) is 0 Å². The number of halogens is 1. The molecule has 0 atom stereocenters. The quantitative estimate of drug-likeness (QED) is 0.473. The number of pyridine rings is 1. The van der Waals surface area contributed by atoms with Crippen LogP contribution in [0.1, 0.15) is 16.1 Å². The Balaban J connectivity index is 2.87. The van der Waals surface area contributed by atoms with Gasteiger partial charge in [0.05, 0.1) is 11.6 Å². The van der Waals surface area contributed by atoms with E-state index >= 15 is 0 Å². The van der Waals surface area contributed by atoms with Gasteiger partial charge in [-0.2, -0.15) is 0 Å². The summed E-state index contributed by atoms with van der Waals surface area (Å²) >= 11 is 5.78. The first kappa shape index (κ1) is 12.5. The number of carbonyl (C=O) groups is 1. The molecule has 1 rings (SSSR count). The molecule has 86 valence electrons. The zero-order valence-corrected chi connectivity index (χ0v) is 9.43. The highest BCUT2D eigenvalue weighted by Gasteiger charge is 2.12. The minimum Gasteiger partial charge on any atom is -0.324 e. The lowest BCUT2D eigenvalue weighted by Crippen LogP contribution is -2.30. The SMILES string of the molecule is C=CCONC(=O)c1cc(Cl)c(C)[nH]c1=O. The number of aryl methyl sites for hydroxylation is 1. The first-order valence-corrected chi connectivity index (χ1v) is 4.86. The third-order valence-corrected chi connectivity index (χ3v) is 2.18. The lowest BCUT2D eigenvalue weighted by atomic mass is 10.2. The van der Waals surface area contributed by atoms with Crippen molar-refractivity contribution in [1.82, 2.24) is 10.5 Å². The van der Waals surface area contributed by atoms with Crippen LogP contribution >= 0.6 is 11.6 Å². The second kappa shape index (κ2) is 5.48. The molecule has 0 unspecified atom stereocenters. The van der Waals surface area contributed by atoms with Crippen LogP contribution in [0.5, 0.6) is 0 Å². The molecule has 1 aromatic heterocycles. The molecule has 0 aliphatic carbocycles. The first-order valence-electron chi connectivity index (χ1n) is 4.48. The van der Waals surface area contributed by atoms with Crippen molar-refractivity contribution >= 4 is 17.5 Å². The minimum atomic E-state index is -0.648. The predicted molar refractivity (Wildman–Crippen MR) is 60.4 cm³/mol. The molecule has 0 aliphatic heterocycles. The summed E-state index contributed by atoms with van der Waals surface area (Å²) < 4.78 is 0. The average Bonchev–Trinajstić information content (AvgIpc) is 2.23. The molecule has 0 radical (unpaired) electrons. The van der Waals surface area contributed by atoms with Gasteiger partial charge in [-0.1, -0.05) is 17.7 Å². The molecule has 0 fully saturated rings. The van der Waals surface area contributed by atoms with Crippen molar-refractivity contribution in [3.63, 3.8) is 0 Å². The molecule has 0 aromatic carbocycles. The Labute approximate surface area is 97.0 Å². The topological polar surface area (TPSA) is 71.2 Å². The van der Waals surface area contributed by atoms with Crippen molar-refractivity contribution < 1.29 is 9.63 Å². The van der Waals surface area contributed by atoms with Crippen molar-refractivity contribution in [3.05, 3.63) is 45.4 Å². The van der Waals surface area contributed by atoms with E-state index in [-0.39, 0.29) is 12.2 Å². The average molecular weight is 243 g/mol.